The maximum Gasteiger partial charge on any atom is 0.266 e. The SMILES string of the molecule is CCc1ccc(S(=O)(=O)NCCn2nc(C)ccc2=O)s1. The average Bonchev–Trinajstić information content (AvgIpc) is 2.92. The van der Waals surface area contributed by atoms with Crippen LogP contribution in [0, 0.1) is 6.92 Å². The number of sulfonamides is 1. The number of nitrogens with one attached hydrogen (secondary N) is 1. The minimum atomic E-state index is -3.52. The zero-order valence-electron chi connectivity index (χ0n) is 11.9. The lowest BCUT2D eigenvalue weighted by Crippen LogP contribution is -2.31. The molecule has 0 bridgehead atoms. The normalized spacial score (nSPS) is 11.7. The number of aryl methyl sites for hydroxylation is 2. The summed E-state index contributed by atoms with van der Waals surface area (Å²) in [5.41, 5.74) is 0.465. The summed E-state index contributed by atoms with van der Waals surface area (Å²) in [6, 6.07) is 6.46. The molecule has 0 saturated heterocycles. The van der Waals surface area contributed by atoms with Gasteiger partial charge in [-0.2, -0.15) is 5.10 Å². The van der Waals surface area contributed by atoms with E-state index in [0.717, 1.165) is 11.3 Å². The smallest absolute Gasteiger partial charge is 0.266 e. The molecule has 0 unspecified atom stereocenters. The van der Waals surface area contributed by atoms with Crippen molar-refractivity contribution in [3.8, 4) is 0 Å². The van der Waals surface area contributed by atoms with E-state index in [1.54, 1.807) is 19.1 Å². The Hall–Kier alpha value is -1.51. The molecule has 0 amide bonds. The lowest BCUT2D eigenvalue weighted by atomic mass is 10.4. The lowest BCUT2D eigenvalue weighted by molar-refractivity contribution is 0.545. The minimum Gasteiger partial charge on any atom is -0.268 e. The van der Waals surface area contributed by atoms with Crippen LogP contribution in [0.3, 0.4) is 0 Å². The molecule has 0 aromatic carbocycles. The highest BCUT2D eigenvalue weighted by Gasteiger charge is 2.16. The molecule has 0 spiro atoms. The van der Waals surface area contributed by atoms with E-state index < -0.39 is 10.0 Å². The van der Waals surface area contributed by atoms with Crippen molar-refractivity contribution in [2.75, 3.05) is 6.54 Å². The van der Waals surface area contributed by atoms with E-state index in [2.05, 4.69) is 9.82 Å². The molecule has 0 saturated carbocycles. The molecule has 0 aliphatic rings. The molecule has 1 N–H and O–H groups in total. The molecule has 2 heterocycles. The third-order valence-corrected chi connectivity index (χ3v) is 6.05. The van der Waals surface area contributed by atoms with Gasteiger partial charge in [0, 0.05) is 17.5 Å². The van der Waals surface area contributed by atoms with Crippen molar-refractivity contribution < 1.29 is 8.42 Å². The van der Waals surface area contributed by atoms with E-state index in [1.807, 2.05) is 13.0 Å². The maximum atomic E-state index is 12.1. The first-order valence-corrected chi connectivity index (χ1v) is 8.85. The van der Waals surface area contributed by atoms with Gasteiger partial charge in [-0.05, 0) is 31.5 Å². The van der Waals surface area contributed by atoms with Crippen molar-refractivity contribution in [3.05, 3.63) is 45.2 Å². The Balaban J connectivity index is 2.02. The first-order chi connectivity index (χ1) is 9.92. The highest BCUT2D eigenvalue weighted by molar-refractivity contribution is 7.91. The number of nitrogens with zero attached hydrogens (tertiary/aromatic N) is 2. The fourth-order valence-corrected chi connectivity index (χ4v) is 4.12. The second-order valence-corrected chi connectivity index (χ2v) is 7.67. The van der Waals surface area contributed by atoms with Crippen LogP contribution in [-0.2, 0) is 23.0 Å². The zero-order valence-corrected chi connectivity index (χ0v) is 13.5. The monoisotopic (exact) mass is 327 g/mol. The molecule has 0 aliphatic heterocycles. The van der Waals surface area contributed by atoms with Crippen LogP contribution in [0.2, 0.25) is 0 Å². The van der Waals surface area contributed by atoms with Crippen LogP contribution >= 0.6 is 11.3 Å². The van der Waals surface area contributed by atoms with Crippen LogP contribution in [0.15, 0.2) is 33.3 Å². The Labute approximate surface area is 127 Å². The van der Waals surface area contributed by atoms with E-state index in [9.17, 15) is 13.2 Å². The van der Waals surface area contributed by atoms with Crippen LogP contribution in [0.4, 0.5) is 0 Å². The number of rotatable bonds is 6. The third-order valence-electron chi connectivity index (χ3n) is 2.87. The summed E-state index contributed by atoms with van der Waals surface area (Å²) in [4.78, 5) is 12.6. The van der Waals surface area contributed by atoms with Gasteiger partial charge in [0.2, 0.25) is 10.0 Å². The summed E-state index contributed by atoms with van der Waals surface area (Å²) in [7, 11) is -3.52. The maximum absolute atomic E-state index is 12.1. The Bertz CT molecular complexity index is 778. The molecule has 8 heteroatoms. The van der Waals surface area contributed by atoms with E-state index in [-0.39, 0.29) is 18.6 Å². The van der Waals surface area contributed by atoms with Crippen LogP contribution in [0.5, 0.6) is 0 Å². The van der Waals surface area contributed by atoms with Crippen molar-refractivity contribution in [1.29, 1.82) is 0 Å². The molecule has 21 heavy (non-hydrogen) atoms. The molecule has 114 valence electrons. The molecular weight excluding hydrogens is 310 g/mol. The van der Waals surface area contributed by atoms with Crippen LogP contribution in [0.25, 0.3) is 0 Å². The molecule has 2 rings (SSSR count). The molecule has 0 radical (unpaired) electrons. The summed E-state index contributed by atoms with van der Waals surface area (Å²) in [6.45, 7) is 4.08. The second-order valence-electron chi connectivity index (χ2n) is 4.51. The minimum absolute atomic E-state index is 0.123. The van der Waals surface area contributed by atoms with Gasteiger partial charge in [-0.3, -0.25) is 4.79 Å². The van der Waals surface area contributed by atoms with Gasteiger partial charge in [0.05, 0.1) is 12.2 Å². The molecule has 0 atom stereocenters. The topological polar surface area (TPSA) is 81.1 Å². The zero-order chi connectivity index (χ0) is 15.5. The summed E-state index contributed by atoms with van der Waals surface area (Å²) in [5, 5.41) is 4.05. The van der Waals surface area contributed by atoms with Gasteiger partial charge >= 0.3 is 0 Å². The Morgan fingerprint density at radius 2 is 2.05 bits per heavy atom. The van der Waals surface area contributed by atoms with Crippen LogP contribution < -0.4 is 10.3 Å². The van der Waals surface area contributed by atoms with Crippen molar-refractivity contribution >= 4 is 21.4 Å². The first kappa shape index (κ1) is 15.9. The highest BCUT2D eigenvalue weighted by Crippen LogP contribution is 2.21. The third kappa shape index (κ3) is 3.99. The largest absolute Gasteiger partial charge is 0.268 e. The average molecular weight is 327 g/mol. The van der Waals surface area contributed by atoms with Gasteiger partial charge in [0.25, 0.3) is 5.56 Å². The quantitative estimate of drug-likeness (QED) is 0.863. The van der Waals surface area contributed by atoms with E-state index in [0.29, 0.717) is 9.90 Å². The van der Waals surface area contributed by atoms with E-state index in [1.165, 1.54) is 22.1 Å². The summed E-state index contributed by atoms with van der Waals surface area (Å²) in [6.07, 6.45) is 0.808. The molecule has 0 aliphatic carbocycles. The Morgan fingerprint density at radius 1 is 1.29 bits per heavy atom. The fourth-order valence-electron chi connectivity index (χ4n) is 1.76. The molecule has 2 aromatic heterocycles. The van der Waals surface area contributed by atoms with Crippen LogP contribution in [-0.4, -0.2) is 24.7 Å². The second kappa shape index (κ2) is 6.50. The highest BCUT2D eigenvalue weighted by atomic mass is 32.2. The summed E-state index contributed by atoms with van der Waals surface area (Å²) >= 11 is 1.26. The Kier molecular flexibility index (Phi) is 4.92. The lowest BCUT2D eigenvalue weighted by Gasteiger charge is -2.06. The van der Waals surface area contributed by atoms with Gasteiger partial charge in [0.15, 0.2) is 0 Å². The standard InChI is InChI=1S/C13H17N3O3S2/c1-3-11-5-7-13(20-11)21(18,19)14-8-9-16-12(17)6-4-10(2)15-16/h4-7,14H,3,8-9H2,1-2H3. The van der Waals surface area contributed by atoms with Gasteiger partial charge in [-0.15, -0.1) is 11.3 Å². The summed E-state index contributed by atoms with van der Waals surface area (Å²) in [5.74, 6) is 0. The number of hydrogen-bond acceptors (Lipinski definition) is 5. The molecular formula is C13H17N3O3S2. The predicted octanol–water partition coefficient (Wildman–Crippen LogP) is 1.15. The van der Waals surface area contributed by atoms with Crippen molar-refractivity contribution in [2.45, 2.75) is 31.0 Å². The molecule has 2 aromatic rings. The first-order valence-electron chi connectivity index (χ1n) is 6.55. The number of hydrogen-bond donors (Lipinski definition) is 1. The predicted molar refractivity (Wildman–Crippen MR) is 82.1 cm³/mol. The van der Waals surface area contributed by atoms with Crippen LogP contribution in [0.1, 0.15) is 17.5 Å². The van der Waals surface area contributed by atoms with Crippen molar-refractivity contribution in [3.63, 3.8) is 0 Å². The van der Waals surface area contributed by atoms with Gasteiger partial charge in [-0.25, -0.2) is 17.8 Å². The molecule has 0 fully saturated rings. The van der Waals surface area contributed by atoms with Gasteiger partial charge in [-0.1, -0.05) is 6.92 Å². The Morgan fingerprint density at radius 3 is 2.71 bits per heavy atom. The number of aromatic nitrogens is 2. The van der Waals surface area contributed by atoms with Gasteiger partial charge in [0.1, 0.15) is 4.21 Å². The van der Waals surface area contributed by atoms with Gasteiger partial charge < -0.3 is 0 Å². The summed E-state index contributed by atoms with van der Waals surface area (Å²) < 4.78 is 28.2. The van der Waals surface area contributed by atoms with Crippen molar-refractivity contribution in [1.82, 2.24) is 14.5 Å². The fraction of sp³-hybridized carbons (Fsp3) is 0.385. The number of thiophene rings is 1. The van der Waals surface area contributed by atoms with Crippen molar-refractivity contribution in [2.24, 2.45) is 0 Å². The molecule has 6 nitrogen and oxygen atoms in total. The van der Waals surface area contributed by atoms with E-state index in [4.69, 9.17) is 0 Å². The van der Waals surface area contributed by atoms with E-state index >= 15 is 0 Å².